The Kier molecular flexibility index (Phi) is 2.74. The molecule has 0 aliphatic heterocycles. The SMILES string of the molecule is CN(c1ncc(Br)cc1CO)C1CC1. The van der Waals surface area contributed by atoms with Crippen LogP contribution in [0.15, 0.2) is 16.7 Å². The molecule has 1 aliphatic rings. The number of anilines is 1. The predicted molar refractivity (Wildman–Crippen MR) is 59.3 cm³/mol. The summed E-state index contributed by atoms with van der Waals surface area (Å²) in [5.41, 5.74) is 0.883. The number of hydrogen-bond donors (Lipinski definition) is 1. The summed E-state index contributed by atoms with van der Waals surface area (Å²) in [6.45, 7) is 0.0405. The van der Waals surface area contributed by atoms with Crippen LogP contribution in [0.2, 0.25) is 0 Å². The van der Waals surface area contributed by atoms with Gasteiger partial charge in [-0.15, -0.1) is 0 Å². The number of hydrogen-bond acceptors (Lipinski definition) is 3. The van der Waals surface area contributed by atoms with E-state index < -0.39 is 0 Å². The lowest BCUT2D eigenvalue weighted by Gasteiger charge is -2.20. The minimum absolute atomic E-state index is 0.0405. The lowest BCUT2D eigenvalue weighted by Crippen LogP contribution is -2.22. The van der Waals surface area contributed by atoms with Crippen molar-refractivity contribution in [1.29, 1.82) is 0 Å². The summed E-state index contributed by atoms with van der Waals surface area (Å²) < 4.78 is 0.912. The van der Waals surface area contributed by atoms with E-state index in [4.69, 9.17) is 0 Å². The molecular formula is C10H13BrN2O. The van der Waals surface area contributed by atoms with Gasteiger partial charge in [0.2, 0.25) is 0 Å². The van der Waals surface area contributed by atoms with Gasteiger partial charge >= 0.3 is 0 Å². The molecule has 2 rings (SSSR count). The average Bonchev–Trinajstić information content (AvgIpc) is 3.00. The molecule has 1 N–H and O–H groups in total. The molecule has 0 saturated heterocycles. The molecule has 1 fully saturated rings. The summed E-state index contributed by atoms with van der Waals surface area (Å²) in [6.07, 6.45) is 4.24. The smallest absolute Gasteiger partial charge is 0.134 e. The number of aliphatic hydroxyl groups is 1. The lowest BCUT2D eigenvalue weighted by atomic mass is 10.2. The zero-order valence-corrected chi connectivity index (χ0v) is 9.66. The number of halogens is 1. The van der Waals surface area contributed by atoms with Crippen LogP contribution < -0.4 is 4.90 Å². The highest BCUT2D eigenvalue weighted by Crippen LogP contribution is 2.31. The van der Waals surface area contributed by atoms with Gasteiger partial charge in [-0.2, -0.15) is 0 Å². The maximum atomic E-state index is 9.21. The third-order valence-electron chi connectivity index (χ3n) is 2.51. The number of aliphatic hydroxyl groups excluding tert-OH is 1. The van der Waals surface area contributed by atoms with E-state index in [-0.39, 0.29) is 6.61 Å². The topological polar surface area (TPSA) is 36.4 Å². The second-order valence-electron chi connectivity index (χ2n) is 3.64. The normalized spacial score (nSPS) is 15.6. The van der Waals surface area contributed by atoms with Crippen LogP contribution in [0.5, 0.6) is 0 Å². The molecule has 0 radical (unpaired) electrons. The van der Waals surface area contributed by atoms with Crippen LogP contribution in [-0.4, -0.2) is 23.2 Å². The minimum atomic E-state index is 0.0405. The standard InChI is InChI=1S/C10H13BrN2O/c1-13(9-2-3-9)10-7(6-14)4-8(11)5-12-10/h4-5,9,14H,2-3,6H2,1H3. The third kappa shape index (κ3) is 1.91. The molecule has 4 heteroatoms. The van der Waals surface area contributed by atoms with Gasteiger partial charge in [0.15, 0.2) is 0 Å². The van der Waals surface area contributed by atoms with Crippen LogP contribution in [0.25, 0.3) is 0 Å². The van der Waals surface area contributed by atoms with Gasteiger partial charge in [0.05, 0.1) is 6.61 Å². The van der Waals surface area contributed by atoms with Gasteiger partial charge in [0.25, 0.3) is 0 Å². The molecular weight excluding hydrogens is 244 g/mol. The highest BCUT2D eigenvalue weighted by atomic mass is 79.9. The summed E-state index contributed by atoms with van der Waals surface area (Å²) in [7, 11) is 2.03. The van der Waals surface area contributed by atoms with Crippen molar-refractivity contribution in [3.8, 4) is 0 Å². The summed E-state index contributed by atoms with van der Waals surface area (Å²) in [4.78, 5) is 6.48. The first-order chi connectivity index (χ1) is 6.72. The van der Waals surface area contributed by atoms with E-state index in [1.54, 1.807) is 6.20 Å². The summed E-state index contributed by atoms with van der Waals surface area (Å²) in [5.74, 6) is 0.901. The van der Waals surface area contributed by atoms with Crippen LogP contribution in [0, 0.1) is 0 Å². The fourth-order valence-corrected chi connectivity index (χ4v) is 1.92. The van der Waals surface area contributed by atoms with E-state index in [0.29, 0.717) is 6.04 Å². The number of pyridine rings is 1. The van der Waals surface area contributed by atoms with Gasteiger partial charge in [0.1, 0.15) is 5.82 Å². The van der Waals surface area contributed by atoms with Gasteiger partial charge < -0.3 is 10.0 Å². The van der Waals surface area contributed by atoms with Crippen LogP contribution in [0.3, 0.4) is 0 Å². The molecule has 3 nitrogen and oxygen atoms in total. The summed E-state index contributed by atoms with van der Waals surface area (Å²) in [5, 5.41) is 9.21. The largest absolute Gasteiger partial charge is 0.392 e. The van der Waals surface area contributed by atoms with Crippen molar-refractivity contribution in [3.05, 3.63) is 22.3 Å². The van der Waals surface area contributed by atoms with Gasteiger partial charge in [-0.3, -0.25) is 0 Å². The van der Waals surface area contributed by atoms with Gasteiger partial charge in [-0.1, -0.05) is 0 Å². The first-order valence-corrected chi connectivity index (χ1v) is 5.50. The van der Waals surface area contributed by atoms with Crippen molar-refractivity contribution in [2.24, 2.45) is 0 Å². The van der Waals surface area contributed by atoms with Crippen molar-refractivity contribution in [1.82, 2.24) is 4.98 Å². The number of nitrogens with zero attached hydrogens (tertiary/aromatic N) is 2. The van der Waals surface area contributed by atoms with Gasteiger partial charge in [-0.25, -0.2) is 4.98 Å². The zero-order chi connectivity index (χ0) is 10.1. The first-order valence-electron chi connectivity index (χ1n) is 4.70. The fourth-order valence-electron chi connectivity index (χ4n) is 1.54. The molecule has 0 aromatic carbocycles. The quantitative estimate of drug-likeness (QED) is 0.898. The Labute approximate surface area is 91.9 Å². The van der Waals surface area contributed by atoms with Crippen LogP contribution in [-0.2, 0) is 6.61 Å². The molecule has 1 heterocycles. The highest BCUT2D eigenvalue weighted by molar-refractivity contribution is 9.10. The Morgan fingerprint density at radius 2 is 2.36 bits per heavy atom. The molecule has 14 heavy (non-hydrogen) atoms. The second kappa shape index (κ2) is 3.87. The van der Waals surface area contributed by atoms with Gasteiger partial charge in [0, 0.05) is 29.3 Å². The molecule has 1 saturated carbocycles. The van der Waals surface area contributed by atoms with Crippen molar-refractivity contribution in [3.63, 3.8) is 0 Å². The summed E-state index contributed by atoms with van der Waals surface area (Å²) in [6, 6.07) is 2.54. The maximum absolute atomic E-state index is 9.21. The molecule has 0 atom stereocenters. The van der Waals surface area contributed by atoms with Crippen molar-refractivity contribution in [2.45, 2.75) is 25.5 Å². The van der Waals surface area contributed by atoms with Crippen molar-refractivity contribution in [2.75, 3.05) is 11.9 Å². The van der Waals surface area contributed by atoms with Crippen molar-refractivity contribution < 1.29 is 5.11 Å². The lowest BCUT2D eigenvalue weighted by molar-refractivity contribution is 0.281. The van der Waals surface area contributed by atoms with Crippen LogP contribution >= 0.6 is 15.9 Å². The molecule has 1 aromatic rings. The highest BCUT2D eigenvalue weighted by Gasteiger charge is 2.28. The van der Waals surface area contributed by atoms with E-state index >= 15 is 0 Å². The average molecular weight is 257 g/mol. The molecule has 1 aliphatic carbocycles. The molecule has 76 valence electrons. The van der Waals surface area contributed by atoms with E-state index in [1.807, 2.05) is 13.1 Å². The molecule has 0 bridgehead atoms. The van der Waals surface area contributed by atoms with Crippen LogP contribution in [0.1, 0.15) is 18.4 Å². The Morgan fingerprint density at radius 1 is 1.64 bits per heavy atom. The minimum Gasteiger partial charge on any atom is -0.392 e. The summed E-state index contributed by atoms with van der Waals surface area (Å²) >= 11 is 3.35. The fraction of sp³-hybridized carbons (Fsp3) is 0.500. The Morgan fingerprint density at radius 3 is 2.93 bits per heavy atom. The molecule has 0 spiro atoms. The van der Waals surface area contributed by atoms with E-state index in [9.17, 15) is 5.11 Å². The van der Waals surface area contributed by atoms with E-state index in [1.165, 1.54) is 12.8 Å². The Bertz CT molecular complexity index is 339. The predicted octanol–water partition coefficient (Wildman–Crippen LogP) is 1.93. The van der Waals surface area contributed by atoms with Crippen molar-refractivity contribution >= 4 is 21.7 Å². The zero-order valence-electron chi connectivity index (χ0n) is 8.07. The Balaban J connectivity index is 2.30. The van der Waals surface area contributed by atoms with E-state index in [2.05, 4.69) is 25.8 Å². The number of rotatable bonds is 3. The van der Waals surface area contributed by atoms with Gasteiger partial charge in [-0.05, 0) is 34.8 Å². The Hall–Kier alpha value is -0.610. The maximum Gasteiger partial charge on any atom is 0.134 e. The van der Waals surface area contributed by atoms with Crippen LogP contribution in [0.4, 0.5) is 5.82 Å². The monoisotopic (exact) mass is 256 g/mol. The molecule has 0 amide bonds. The third-order valence-corrected chi connectivity index (χ3v) is 2.94. The first kappa shape index (κ1) is 9.93. The molecule has 1 aromatic heterocycles. The number of aromatic nitrogens is 1. The molecule has 0 unspecified atom stereocenters. The van der Waals surface area contributed by atoms with E-state index in [0.717, 1.165) is 15.9 Å². The second-order valence-corrected chi connectivity index (χ2v) is 4.55.